The van der Waals surface area contributed by atoms with Crippen molar-refractivity contribution in [1.82, 2.24) is 10.6 Å². The van der Waals surface area contributed by atoms with Crippen LogP contribution in [0.1, 0.15) is 30.6 Å². The lowest BCUT2D eigenvalue weighted by Crippen LogP contribution is -2.32. The van der Waals surface area contributed by atoms with E-state index < -0.39 is 0 Å². The van der Waals surface area contributed by atoms with Crippen molar-refractivity contribution in [2.75, 3.05) is 25.5 Å². The number of amides is 2. The molecule has 0 bridgehead atoms. The number of rotatable bonds is 7. The highest BCUT2D eigenvalue weighted by atomic mass is 16.2. The summed E-state index contributed by atoms with van der Waals surface area (Å²) >= 11 is 0. The average Bonchev–Trinajstić information content (AvgIpc) is 2.44. The topological polar surface area (TPSA) is 70.2 Å². The maximum atomic E-state index is 12.0. The van der Waals surface area contributed by atoms with Gasteiger partial charge in [-0.3, -0.25) is 9.59 Å². The molecule has 1 aromatic rings. The molecule has 0 atom stereocenters. The number of carbonyl (C=O) groups excluding carboxylic acids is 2. The maximum Gasteiger partial charge on any atom is 0.253 e. The number of hydrogen-bond donors (Lipinski definition) is 3. The molecule has 0 fully saturated rings. The molecule has 0 heterocycles. The van der Waals surface area contributed by atoms with Crippen LogP contribution in [0.2, 0.25) is 0 Å². The number of anilines is 1. The Morgan fingerprint density at radius 2 is 1.85 bits per heavy atom. The van der Waals surface area contributed by atoms with Crippen molar-refractivity contribution in [3.05, 3.63) is 29.8 Å². The van der Waals surface area contributed by atoms with Gasteiger partial charge in [-0.2, -0.15) is 0 Å². The van der Waals surface area contributed by atoms with Crippen molar-refractivity contribution in [3.8, 4) is 0 Å². The van der Waals surface area contributed by atoms with Gasteiger partial charge in [0.2, 0.25) is 5.91 Å². The van der Waals surface area contributed by atoms with Crippen LogP contribution in [0.15, 0.2) is 24.3 Å². The second-order valence-electron chi connectivity index (χ2n) is 5.00. The molecular weight excluding hydrogens is 254 g/mol. The van der Waals surface area contributed by atoms with Crippen LogP contribution in [0.25, 0.3) is 0 Å². The van der Waals surface area contributed by atoms with Crippen LogP contribution in [0.5, 0.6) is 0 Å². The summed E-state index contributed by atoms with van der Waals surface area (Å²) in [5.74, 6) is 0.212. The minimum atomic E-state index is -0.174. The highest BCUT2D eigenvalue weighted by molar-refractivity contribution is 5.99. The molecule has 0 aliphatic rings. The maximum absolute atomic E-state index is 12.0. The third-order valence-electron chi connectivity index (χ3n) is 2.79. The molecule has 3 N–H and O–H groups in total. The molecule has 0 aromatic heterocycles. The standard InChI is InChI=1S/C15H23N3O2/c1-11(2)10-18-14(19)8-9-17-15(20)12-6-4-5-7-13(12)16-3/h4-7,11,16H,8-10H2,1-3H3,(H,17,20)(H,18,19). The van der Waals surface area contributed by atoms with Crippen LogP contribution in [-0.2, 0) is 4.79 Å². The van der Waals surface area contributed by atoms with Crippen molar-refractivity contribution in [3.63, 3.8) is 0 Å². The van der Waals surface area contributed by atoms with Crippen LogP contribution < -0.4 is 16.0 Å². The minimum Gasteiger partial charge on any atom is -0.387 e. The second kappa shape index (κ2) is 8.19. The van der Waals surface area contributed by atoms with Gasteiger partial charge in [0.15, 0.2) is 0 Å². The van der Waals surface area contributed by atoms with Crippen molar-refractivity contribution >= 4 is 17.5 Å². The molecule has 0 saturated carbocycles. The van der Waals surface area contributed by atoms with Gasteiger partial charge in [0.05, 0.1) is 5.56 Å². The molecule has 0 unspecified atom stereocenters. The lowest BCUT2D eigenvalue weighted by molar-refractivity contribution is -0.121. The number of para-hydroxylation sites is 1. The molecule has 0 spiro atoms. The van der Waals surface area contributed by atoms with Crippen LogP contribution >= 0.6 is 0 Å². The molecule has 1 rings (SSSR count). The average molecular weight is 277 g/mol. The molecule has 2 amide bonds. The second-order valence-corrected chi connectivity index (χ2v) is 5.00. The summed E-state index contributed by atoms with van der Waals surface area (Å²) in [4.78, 5) is 23.5. The zero-order valence-corrected chi connectivity index (χ0v) is 12.3. The quantitative estimate of drug-likeness (QED) is 0.709. The molecule has 5 heteroatoms. The van der Waals surface area contributed by atoms with E-state index in [0.717, 1.165) is 5.69 Å². The Balaban J connectivity index is 2.38. The Kier molecular flexibility index (Phi) is 6.56. The molecule has 110 valence electrons. The zero-order valence-electron chi connectivity index (χ0n) is 12.3. The van der Waals surface area contributed by atoms with Crippen molar-refractivity contribution in [1.29, 1.82) is 0 Å². The van der Waals surface area contributed by atoms with Crippen LogP contribution in [0, 0.1) is 5.92 Å². The largest absolute Gasteiger partial charge is 0.387 e. The zero-order chi connectivity index (χ0) is 15.0. The normalized spacial score (nSPS) is 10.2. The molecule has 0 aliphatic carbocycles. The highest BCUT2D eigenvalue weighted by Crippen LogP contribution is 2.13. The molecule has 20 heavy (non-hydrogen) atoms. The van der Waals surface area contributed by atoms with Crippen molar-refractivity contribution in [2.45, 2.75) is 20.3 Å². The molecule has 0 aliphatic heterocycles. The third kappa shape index (κ3) is 5.30. The number of benzene rings is 1. The fourth-order valence-corrected chi connectivity index (χ4v) is 1.69. The van der Waals surface area contributed by atoms with Gasteiger partial charge in [-0.25, -0.2) is 0 Å². The Morgan fingerprint density at radius 1 is 1.15 bits per heavy atom. The van der Waals surface area contributed by atoms with E-state index in [1.807, 2.05) is 32.0 Å². The lowest BCUT2D eigenvalue weighted by Gasteiger charge is -2.10. The van der Waals surface area contributed by atoms with Crippen molar-refractivity contribution < 1.29 is 9.59 Å². The van der Waals surface area contributed by atoms with E-state index in [9.17, 15) is 9.59 Å². The minimum absolute atomic E-state index is 0.0408. The molecule has 0 saturated heterocycles. The Morgan fingerprint density at radius 3 is 2.50 bits per heavy atom. The van der Waals surface area contributed by atoms with Gasteiger partial charge >= 0.3 is 0 Å². The van der Waals surface area contributed by atoms with Gasteiger partial charge in [0.25, 0.3) is 5.91 Å². The number of carbonyl (C=O) groups is 2. The summed E-state index contributed by atoms with van der Waals surface area (Å²) in [7, 11) is 1.77. The Hall–Kier alpha value is -2.04. The first-order valence-electron chi connectivity index (χ1n) is 6.86. The third-order valence-corrected chi connectivity index (χ3v) is 2.79. The van der Waals surface area contributed by atoms with Gasteiger partial charge in [-0.05, 0) is 18.1 Å². The fourth-order valence-electron chi connectivity index (χ4n) is 1.69. The smallest absolute Gasteiger partial charge is 0.253 e. The van der Waals surface area contributed by atoms with Crippen LogP contribution in [0.3, 0.4) is 0 Å². The van der Waals surface area contributed by atoms with E-state index in [0.29, 0.717) is 31.0 Å². The molecule has 1 aromatic carbocycles. The van der Waals surface area contributed by atoms with E-state index in [1.54, 1.807) is 13.1 Å². The van der Waals surface area contributed by atoms with Gasteiger partial charge in [-0.15, -0.1) is 0 Å². The number of nitrogens with one attached hydrogen (secondary N) is 3. The molecule has 0 radical (unpaired) electrons. The Bertz CT molecular complexity index is 458. The summed E-state index contributed by atoms with van der Waals surface area (Å²) in [5.41, 5.74) is 1.35. The first-order valence-corrected chi connectivity index (χ1v) is 6.86. The number of hydrogen-bond acceptors (Lipinski definition) is 3. The van der Waals surface area contributed by atoms with Gasteiger partial charge in [0, 0.05) is 32.2 Å². The first-order chi connectivity index (χ1) is 9.54. The summed E-state index contributed by atoms with van der Waals surface area (Å²) in [6.07, 6.45) is 0.292. The van der Waals surface area contributed by atoms with E-state index in [4.69, 9.17) is 0 Å². The van der Waals surface area contributed by atoms with Gasteiger partial charge in [-0.1, -0.05) is 26.0 Å². The van der Waals surface area contributed by atoms with Crippen LogP contribution in [0.4, 0.5) is 5.69 Å². The monoisotopic (exact) mass is 277 g/mol. The van der Waals surface area contributed by atoms with E-state index in [2.05, 4.69) is 16.0 Å². The van der Waals surface area contributed by atoms with Crippen LogP contribution in [-0.4, -0.2) is 32.0 Å². The van der Waals surface area contributed by atoms with E-state index >= 15 is 0 Å². The predicted molar refractivity (Wildman–Crippen MR) is 80.8 cm³/mol. The fraction of sp³-hybridized carbons (Fsp3) is 0.467. The summed E-state index contributed by atoms with van der Waals surface area (Å²) in [6.45, 7) is 5.07. The van der Waals surface area contributed by atoms with Gasteiger partial charge in [0.1, 0.15) is 0 Å². The first kappa shape index (κ1) is 16.0. The highest BCUT2D eigenvalue weighted by Gasteiger charge is 2.10. The summed E-state index contributed by atoms with van der Waals surface area (Å²) < 4.78 is 0. The van der Waals surface area contributed by atoms with Gasteiger partial charge < -0.3 is 16.0 Å². The molecule has 5 nitrogen and oxygen atoms in total. The Labute approximate surface area is 120 Å². The SMILES string of the molecule is CNc1ccccc1C(=O)NCCC(=O)NCC(C)C. The van der Waals surface area contributed by atoms with E-state index in [-0.39, 0.29) is 11.8 Å². The molecular formula is C15H23N3O2. The predicted octanol–water partition coefficient (Wildman–Crippen LogP) is 1.62. The summed E-state index contributed by atoms with van der Waals surface area (Å²) in [6, 6.07) is 7.26. The van der Waals surface area contributed by atoms with Crippen molar-refractivity contribution in [2.24, 2.45) is 5.92 Å². The summed E-state index contributed by atoms with van der Waals surface area (Å²) in [5, 5.41) is 8.54. The lowest BCUT2D eigenvalue weighted by atomic mass is 10.1. The van der Waals surface area contributed by atoms with E-state index in [1.165, 1.54) is 0 Å².